The van der Waals surface area contributed by atoms with Crippen molar-refractivity contribution in [1.29, 1.82) is 0 Å². The van der Waals surface area contributed by atoms with Crippen LogP contribution in [0.1, 0.15) is 38.3 Å². The summed E-state index contributed by atoms with van der Waals surface area (Å²) < 4.78 is 5.76. The first-order valence-electron chi connectivity index (χ1n) is 6.85. The lowest BCUT2D eigenvalue weighted by molar-refractivity contribution is 0.138. The number of nitrogens with one attached hydrogen (secondary N) is 1. The molecule has 106 valence electrons. The maximum absolute atomic E-state index is 5.76. The Morgan fingerprint density at radius 1 is 1.26 bits per heavy atom. The number of hydrogen-bond acceptors (Lipinski definition) is 4. The third kappa shape index (κ3) is 3.26. The number of hydrogen-bond donors (Lipinski definition) is 2. The zero-order valence-corrected chi connectivity index (χ0v) is 12.3. The van der Waals surface area contributed by atoms with Crippen molar-refractivity contribution < 1.29 is 4.74 Å². The molecular formula is C15H25N3O. The minimum absolute atomic E-state index is 0.0671. The molecule has 1 aromatic carbocycles. The molecule has 19 heavy (non-hydrogen) atoms. The van der Waals surface area contributed by atoms with Crippen LogP contribution in [0.25, 0.3) is 0 Å². The van der Waals surface area contributed by atoms with Gasteiger partial charge in [-0.3, -0.25) is 11.3 Å². The fourth-order valence-electron chi connectivity index (χ4n) is 2.08. The quantitative estimate of drug-likeness (QED) is 0.609. The van der Waals surface area contributed by atoms with Gasteiger partial charge in [0.25, 0.3) is 0 Å². The van der Waals surface area contributed by atoms with E-state index >= 15 is 0 Å². The molecule has 4 nitrogen and oxygen atoms in total. The lowest BCUT2D eigenvalue weighted by atomic mass is 9.88. The van der Waals surface area contributed by atoms with Gasteiger partial charge >= 0.3 is 0 Å². The summed E-state index contributed by atoms with van der Waals surface area (Å²) in [4.78, 5) is 2.17. The standard InChI is InChI=1S/C15H25N3O/c1-15(2,18(3)4)14(17-16)11-5-7-12(8-6-11)19-13-9-10-13/h5-8,13-14,17H,9-10,16H2,1-4H3. The highest BCUT2D eigenvalue weighted by Gasteiger charge is 2.32. The van der Waals surface area contributed by atoms with Gasteiger partial charge in [-0.25, -0.2) is 0 Å². The summed E-state index contributed by atoms with van der Waals surface area (Å²) in [5, 5.41) is 0. The van der Waals surface area contributed by atoms with Crippen molar-refractivity contribution in [3.05, 3.63) is 29.8 Å². The molecule has 1 fully saturated rings. The summed E-state index contributed by atoms with van der Waals surface area (Å²) in [6.07, 6.45) is 2.80. The fourth-order valence-corrected chi connectivity index (χ4v) is 2.08. The van der Waals surface area contributed by atoms with Crippen LogP contribution in [0.3, 0.4) is 0 Å². The van der Waals surface area contributed by atoms with Gasteiger partial charge in [0.1, 0.15) is 5.75 Å². The van der Waals surface area contributed by atoms with Crippen molar-refractivity contribution in [1.82, 2.24) is 10.3 Å². The second-order valence-electron chi connectivity index (χ2n) is 6.03. The molecule has 4 heteroatoms. The van der Waals surface area contributed by atoms with Crippen LogP contribution in [-0.4, -0.2) is 30.6 Å². The van der Waals surface area contributed by atoms with E-state index in [1.807, 2.05) is 12.1 Å². The zero-order chi connectivity index (χ0) is 14.0. The van der Waals surface area contributed by atoms with Crippen molar-refractivity contribution >= 4 is 0 Å². The third-order valence-electron chi connectivity index (χ3n) is 4.07. The van der Waals surface area contributed by atoms with Crippen molar-refractivity contribution in [2.45, 2.75) is 44.4 Å². The van der Waals surface area contributed by atoms with Crippen molar-refractivity contribution in [3.8, 4) is 5.75 Å². The first-order valence-corrected chi connectivity index (χ1v) is 6.85. The highest BCUT2D eigenvalue weighted by Crippen LogP contribution is 2.31. The van der Waals surface area contributed by atoms with E-state index in [1.165, 1.54) is 18.4 Å². The third-order valence-corrected chi connectivity index (χ3v) is 4.07. The number of hydrazine groups is 1. The molecule has 0 aromatic heterocycles. The van der Waals surface area contributed by atoms with Gasteiger partial charge in [0, 0.05) is 5.54 Å². The van der Waals surface area contributed by atoms with Gasteiger partial charge in [-0.1, -0.05) is 12.1 Å². The van der Waals surface area contributed by atoms with Crippen molar-refractivity contribution in [3.63, 3.8) is 0 Å². The van der Waals surface area contributed by atoms with Crippen LogP contribution in [0.2, 0.25) is 0 Å². The van der Waals surface area contributed by atoms with Crippen molar-refractivity contribution in [2.24, 2.45) is 5.84 Å². The molecule has 1 unspecified atom stereocenters. The first kappa shape index (κ1) is 14.3. The van der Waals surface area contributed by atoms with Gasteiger partial charge in [-0.2, -0.15) is 0 Å². The van der Waals surface area contributed by atoms with Crippen LogP contribution >= 0.6 is 0 Å². The number of rotatable bonds is 6. The fraction of sp³-hybridized carbons (Fsp3) is 0.600. The van der Waals surface area contributed by atoms with E-state index in [0.29, 0.717) is 6.10 Å². The largest absolute Gasteiger partial charge is 0.490 e. The molecule has 0 heterocycles. The topological polar surface area (TPSA) is 50.5 Å². The molecule has 1 atom stereocenters. The highest BCUT2D eigenvalue weighted by molar-refractivity contribution is 5.31. The molecule has 0 saturated heterocycles. The van der Waals surface area contributed by atoms with Crippen LogP contribution in [0.15, 0.2) is 24.3 Å². The van der Waals surface area contributed by atoms with Crippen LogP contribution in [0, 0.1) is 0 Å². The van der Waals surface area contributed by atoms with Gasteiger partial charge in [-0.05, 0) is 58.5 Å². The smallest absolute Gasteiger partial charge is 0.119 e. The van der Waals surface area contributed by atoms with E-state index < -0.39 is 0 Å². The predicted octanol–water partition coefficient (Wildman–Crippen LogP) is 2.07. The predicted molar refractivity (Wildman–Crippen MR) is 77.9 cm³/mol. The van der Waals surface area contributed by atoms with E-state index in [2.05, 4.69) is 50.4 Å². The Balaban J connectivity index is 2.13. The lowest BCUT2D eigenvalue weighted by Crippen LogP contribution is -2.51. The molecule has 3 N–H and O–H groups in total. The van der Waals surface area contributed by atoms with Gasteiger partial charge in [0.05, 0.1) is 12.1 Å². The number of ether oxygens (including phenoxy) is 1. The molecule has 0 amide bonds. The molecule has 2 rings (SSSR count). The Bertz CT molecular complexity index is 410. The number of likely N-dealkylation sites (N-methyl/N-ethyl adjacent to an activating group) is 1. The van der Waals surface area contributed by atoms with E-state index in [-0.39, 0.29) is 11.6 Å². The normalized spacial score (nSPS) is 17.6. The summed E-state index contributed by atoms with van der Waals surface area (Å²) in [7, 11) is 4.13. The minimum Gasteiger partial charge on any atom is -0.490 e. The molecule has 1 aromatic rings. The summed E-state index contributed by atoms with van der Waals surface area (Å²) in [6, 6.07) is 8.31. The van der Waals surface area contributed by atoms with Gasteiger partial charge < -0.3 is 9.64 Å². The van der Waals surface area contributed by atoms with Gasteiger partial charge in [-0.15, -0.1) is 0 Å². The maximum Gasteiger partial charge on any atom is 0.119 e. The zero-order valence-electron chi connectivity index (χ0n) is 12.3. The van der Waals surface area contributed by atoms with Crippen molar-refractivity contribution in [2.75, 3.05) is 14.1 Å². The molecular weight excluding hydrogens is 238 g/mol. The van der Waals surface area contributed by atoms with Crippen LogP contribution in [0.5, 0.6) is 5.75 Å². The van der Waals surface area contributed by atoms with Crippen LogP contribution in [0.4, 0.5) is 0 Å². The van der Waals surface area contributed by atoms with Gasteiger partial charge in [0.15, 0.2) is 0 Å². The second-order valence-corrected chi connectivity index (χ2v) is 6.03. The second kappa shape index (κ2) is 5.49. The van der Waals surface area contributed by atoms with E-state index in [9.17, 15) is 0 Å². The molecule has 0 bridgehead atoms. The van der Waals surface area contributed by atoms with E-state index in [4.69, 9.17) is 10.6 Å². The average molecular weight is 263 g/mol. The Hall–Kier alpha value is -1.10. The Labute approximate surface area is 115 Å². The Morgan fingerprint density at radius 2 is 1.84 bits per heavy atom. The molecule has 1 aliphatic rings. The monoisotopic (exact) mass is 263 g/mol. The summed E-state index contributed by atoms with van der Waals surface area (Å²) >= 11 is 0. The molecule has 1 saturated carbocycles. The average Bonchev–Trinajstić information content (AvgIpc) is 3.15. The summed E-state index contributed by atoms with van der Waals surface area (Å²) in [5.41, 5.74) is 4.02. The molecule has 0 spiro atoms. The Morgan fingerprint density at radius 3 is 2.26 bits per heavy atom. The number of nitrogens with zero attached hydrogens (tertiary/aromatic N) is 1. The van der Waals surface area contributed by atoms with Gasteiger partial charge in [0.2, 0.25) is 0 Å². The highest BCUT2D eigenvalue weighted by atomic mass is 16.5. The lowest BCUT2D eigenvalue weighted by Gasteiger charge is -2.40. The molecule has 1 aliphatic carbocycles. The Kier molecular flexibility index (Phi) is 4.13. The number of nitrogens with two attached hydrogens (primary N) is 1. The molecule has 0 radical (unpaired) electrons. The SMILES string of the molecule is CN(C)C(C)(C)C(NN)c1ccc(OC2CC2)cc1. The number of benzene rings is 1. The summed E-state index contributed by atoms with van der Waals surface area (Å²) in [5.74, 6) is 6.70. The maximum atomic E-state index is 5.76. The van der Waals surface area contributed by atoms with E-state index in [0.717, 1.165) is 5.75 Å². The first-order chi connectivity index (χ1) is 8.95. The minimum atomic E-state index is -0.0758. The van der Waals surface area contributed by atoms with Crippen LogP contribution < -0.4 is 16.0 Å². The van der Waals surface area contributed by atoms with E-state index in [1.54, 1.807) is 0 Å². The van der Waals surface area contributed by atoms with Crippen LogP contribution in [-0.2, 0) is 0 Å². The molecule has 0 aliphatic heterocycles. The summed E-state index contributed by atoms with van der Waals surface area (Å²) in [6.45, 7) is 4.35.